The summed E-state index contributed by atoms with van der Waals surface area (Å²) in [5, 5.41) is 9.59. The lowest BCUT2D eigenvalue weighted by atomic mass is 10.0. The Morgan fingerprint density at radius 1 is 1.41 bits per heavy atom. The zero-order valence-electron chi connectivity index (χ0n) is 10.4. The van der Waals surface area contributed by atoms with Crippen LogP contribution in [-0.2, 0) is 0 Å². The summed E-state index contributed by atoms with van der Waals surface area (Å²) >= 11 is 0. The number of hydrogen-bond acceptors (Lipinski definition) is 2. The van der Waals surface area contributed by atoms with Crippen molar-refractivity contribution in [2.45, 2.75) is 32.8 Å². The van der Waals surface area contributed by atoms with E-state index in [0.29, 0.717) is 6.54 Å². The summed E-state index contributed by atoms with van der Waals surface area (Å²) in [7, 11) is 0. The molecule has 0 aliphatic carbocycles. The van der Waals surface area contributed by atoms with Crippen LogP contribution < -0.4 is 0 Å². The molecule has 1 aliphatic rings. The number of rotatable bonds is 1. The molecule has 0 radical (unpaired) electrons. The van der Waals surface area contributed by atoms with Crippen LogP contribution in [0.25, 0.3) is 0 Å². The molecule has 1 fully saturated rings. The average Bonchev–Trinajstić information content (AvgIpc) is 2.28. The molecule has 1 aliphatic heterocycles. The van der Waals surface area contributed by atoms with Crippen molar-refractivity contribution in [1.29, 1.82) is 0 Å². The van der Waals surface area contributed by atoms with Gasteiger partial charge in [0.05, 0.1) is 6.10 Å². The molecule has 1 unspecified atom stereocenters. The Kier molecular flexibility index (Phi) is 3.48. The Bertz CT molecular complexity index is 428. The van der Waals surface area contributed by atoms with Crippen LogP contribution in [0, 0.1) is 13.8 Å². The summed E-state index contributed by atoms with van der Waals surface area (Å²) in [6.45, 7) is 5.20. The van der Waals surface area contributed by atoms with E-state index in [4.69, 9.17) is 0 Å². The number of likely N-dealkylation sites (tertiary alicyclic amines) is 1. The molecule has 0 spiro atoms. The van der Waals surface area contributed by atoms with Crippen molar-refractivity contribution in [3.8, 4) is 0 Å². The average molecular weight is 233 g/mol. The molecule has 2 rings (SSSR count). The summed E-state index contributed by atoms with van der Waals surface area (Å²) in [4.78, 5) is 14.0. The first kappa shape index (κ1) is 12.1. The second-order valence-corrected chi connectivity index (χ2v) is 4.87. The number of benzene rings is 1. The van der Waals surface area contributed by atoms with Gasteiger partial charge in [0.1, 0.15) is 0 Å². The summed E-state index contributed by atoms with van der Waals surface area (Å²) in [6, 6.07) is 5.86. The molecule has 0 saturated carbocycles. The van der Waals surface area contributed by atoms with Crippen LogP contribution in [-0.4, -0.2) is 35.1 Å². The first-order valence-electron chi connectivity index (χ1n) is 6.12. The number of aliphatic hydroxyl groups excluding tert-OH is 1. The van der Waals surface area contributed by atoms with Crippen molar-refractivity contribution in [3.63, 3.8) is 0 Å². The highest BCUT2D eigenvalue weighted by Crippen LogP contribution is 2.17. The maximum atomic E-state index is 12.3. The highest BCUT2D eigenvalue weighted by molar-refractivity contribution is 5.95. The summed E-state index contributed by atoms with van der Waals surface area (Å²) in [5.74, 6) is 0.0428. The van der Waals surface area contributed by atoms with Crippen LogP contribution in [0.4, 0.5) is 0 Å². The number of carbonyl (C=O) groups excluding carboxylic acids is 1. The molecule has 3 heteroatoms. The van der Waals surface area contributed by atoms with Gasteiger partial charge in [-0.3, -0.25) is 4.79 Å². The maximum Gasteiger partial charge on any atom is 0.254 e. The number of carbonyl (C=O) groups is 1. The van der Waals surface area contributed by atoms with Crippen LogP contribution >= 0.6 is 0 Å². The highest BCUT2D eigenvalue weighted by Gasteiger charge is 2.23. The molecular weight excluding hydrogens is 214 g/mol. The van der Waals surface area contributed by atoms with E-state index in [2.05, 4.69) is 0 Å². The summed E-state index contributed by atoms with van der Waals surface area (Å²) < 4.78 is 0. The van der Waals surface area contributed by atoms with Gasteiger partial charge in [-0.1, -0.05) is 17.7 Å². The van der Waals surface area contributed by atoms with Crippen LogP contribution in [0.1, 0.15) is 34.3 Å². The first-order chi connectivity index (χ1) is 8.08. The summed E-state index contributed by atoms with van der Waals surface area (Å²) in [6.07, 6.45) is 1.33. The predicted octanol–water partition coefficient (Wildman–Crippen LogP) is 1.90. The molecule has 1 saturated heterocycles. The lowest BCUT2D eigenvalue weighted by molar-refractivity contribution is 0.0473. The fraction of sp³-hybridized carbons (Fsp3) is 0.500. The van der Waals surface area contributed by atoms with Gasteiger partial charge in [-0.05, 0) is 38.3 Å². The fourth-order valence-electron chi connectivity index (χ4n) is 2.36. The van der Waals surface area contributed by atoms with E-state index < -0.39 is 0 Å². The number of β-amino-alcohol motifs (C(OH)–C–C–N with tert-alkyl or cyclic N) is 1. The maximum absolute atomic E-state index is 12.3. The molecule has 1 heterocycles. The standard InChI is InChI=1S/C14H19NO2/c1-10-5-6-13(11(2)8-10)14(17)15-7-3-4-12(16)9-15/h5-6,8,12,16H,3-4,7,9H2,1-2H3. The van der Waals surface area contributed by atoms with Gasteiger partial charge in [-0.15, -0.1) is 0 Å². The molecule has 1 amide bonds. The van der Waals surface area contributed by atoms with Crippen molar-refractivity contribution in [3.05, 3.63) is 34.9 Å². The Morgan fingerprint density at radius 3 is 2.82 bits per heavy atom. The summed E-state index contributed by atoms with van der Waals surface area (Å²) in [5.41, 5.74) is 2.93. The van der Waals surface area contributed by atoms with Gasteiger partial charge in [0.25, 0.3) is 5.91 Å². The zero-order valence-corrected chi connectivity index (χ0v) is 10.4. The molecule has 0 aromatic heterocycles. The monoisotopic (exact) mass is 233 g/mol. The van der Waals surface area contributed by atoms with E-state index in [1.807, 2.05) is 32.0 Å². The third kappa shape index (κ3) is 2.67. The smallest absolute Gasteiger partial charge is 0.254 e. The topological polar surface area (TPSA) is 40.5 Å². The number of amides is 1. The van der Waals surface area contributed by atoms with Gasteiger partial charge in [-0.25, -0.2) is 0 Å². The molecular formula is C14H19NO2. The number of nitrogens with zero attached hydrogens (tertiary/aromatic N) is 1. The molecule has 1 N–H and O–H groups in total. The van der Waals surface area contributed by atoms with Crippen LogP contribution in [0.15, 0.2) is 18.2 Å². The Balaban J connectivity index is 2.18. The lowest BCUT2D eigenvalue weighted by Gasteiger charge is -2.30. The normalized spacial score (nSPS) is 20.4. The van der Waals surface area contributed by atoms with Gasteiger partial charge in [0, 0.05) is 18.7 Å². The van der Waals surface area contributed by atoms with Crippen molar-refractivity contribution >= 4 is 5.91 Å². The molecule has 17 heavy (non-hydrogen) atoms. The first-order valence-corrected chi connectivity index (χ1v) is 6.12. The molecule has 0 bridgehead atoms. The van der Waals surface area contributed by atoms with E-state index in [1.54, 1.807) is 4.90 Å². The number of aliphatic hydroxyl groups is 1. The van der Waals surface area contributed by atoms with E-state index >= 15 is 0 Å². The molecule has 92 valence electrons. The van der Waals surface area contributed by atoms with E-state index in [-0.39, 0.29) is 12.0 Å². The molecule has 1 atom stereocenters. The number of piperidine rings is 1. The lowest BCUT2D eigenvalue weighted by Crippen LogP contribution is -2.42. The second-order valence-electron chi connectivity index (χ2n) is 4.87. The third-order valence-corrected chi connectivity index (χ3v) is 3.30. The minimum atomic E-state index is -0.363. The minimum absolute atomic E-state index is 0.0428. The Morgan fingerprint density at radius 2 is 2.18 bits per heavy atom. The van der Waals surface area contributed by atoms with Gasteiger partial charge in [0.15, 0.2) is 0 Å². The molecule has 1 aromatic carbocycles. The van der Waals surface area contributed by atoms with Crippen molar-refractivity contribution in [2.24, 2.45) is 0 Å². The van der Waals surface area contributed by atoms with Crippen LogP contribution in [0.5, 0.6) is 0 Å². The van der Waals surface area contributed by atoms with E-state index in [1.165, 1.54) is 0 Å². The fourth-order valence-corrected chi connectivity index (χ4v) is 2.36. The Hall–Kier alpha value is -1.35. The molecule has 1 aromatic rings. The van der Waals surface area contributed by atoms with E-state index in [0.717, 1.165) is 36.1 Å². The van der Waals surface area contributed by atoms with Gasteiger partial charge < -0.3 is 10.0 Å². The van der Waals surface area contributed by atoms with Crippen LogP contribution in [0.3, 0.4) is 0 Å². The van der Waals surface area contributed by atoms with Crippen molar-refractivity contribution in [2.75, 3.05) is 13.1 Å². The largest absolute Gasteiger partial charge is 0.391 e. The Labute approximate surface area is 102 Å². The van der Waals surface area contributed by atoms with Crippen LogP contribution in [0.2, 0.25) is 0 Å². The highest BCUT2D eigenvalue weighted by atomic mass is 16.3. The van der Waals surface area contributed by atoms with Crippen molar-refractivity contribution < 1.29 is 9.90 Å². The predicted molar refractivity (Wildman–Crippen MR) is 67.1 cm³/mol. The minimum Gasteiger partial charge on any atom is -0.391 e. The van der Waals surface area contributed by atoms with Crippen molar-refractivity contribution in [1.82, 2.24) is 4.90 Å². The van der Waals surface area contributed by atoms with E-state index in [9.17, 15) is 9.90 Å². The second kappa shape index (κ2) is 4.88. The van der Waals surface area contributed by atoms with Gasteiger partial charge in [0.2, 0.25) is 0 Å². The SMILES string of the molecule is Cc1ccc(C(=O)N2CCCC(O)C2)c(C)c1. The zero-order chi connectivity index (χ0) is 12.4. The quantitative estimate of drug-likeness (QED) is 0.804. The number of hydrogen-bond donors (Lipinski definition) is 1. The third-order valence-electron chi connectivity index (χ3n) is 3.30. The van der Waals surface area contributed by atoms with Gasteiger partial charge >= 0.3 is 0 Å². The van der Waals surface area contributed by atoms with Gasteiger partial charge in [-0.2, -0.15) is 0 Å². The number of aryl methyl sites for hydroxylation is 2. The molecule has 3 nitrogen and oxygen atoms in total.